The van der Waals surface area contributed by atoms with Gasteiger partial charge in [-0.3, -0.25) is 0 Å². The molecule has 0 aliphatic carbocycles. The molecular formula is C111H144Cl4MgO19S8. The molecule has 1 heterocycles. The molecule has 143 heavy (non-hydrogen) atoms. The van der Waals surface area contributed by atoms with Crippen LogP contribution in [0.5, 0.6) is 0 Å². The molecule has 32 heteroatoms. The summed E-state index contributed by atoms with van der Waals surface area (Å²) < 4.78 is 98.9. The molecule has 0 bridgehead atoms. The van der Waals surface area contributed by atoms with Crippen molar-refractivity contribution in [2.45, 2.75) is 98.0 Å². The molecule has 1 N–H and O–H groups in total. The van der Waals surface area contributed by atoms with Crippen LogP contribution in [-0.4, -0.2) is 260 Å². The number of ether oxygens (including phenoxy) is 18. The normalized spacial score (nSPS) is 11.2. The molecule has 11 rings (SSSR count). The van der Waals surface area contributed by atoms with E-state index >= 15 is 0 Å². The van der Waals surface area contributed by atoms with Crippen molar-refractivity contribution in [1.82, 2.24) is 0 Å². The van der Waals surface area contributed by atoms with Crippen molar-refractivity contribution < 1.29 is 103 Å². The third kappa shape index (κ3) is 72.3. The molecule has 1 aliphatic rings. The van der Waals surface area contributed by atoms with Crippen molar-refractivity contribution >= 4 is 171 Å². The van der Waals surface area contributed by atoms with Crippen LogP contribution in [0, 0.1) is 0 Å². The second kappa shape index (κ2) is 96.7. The van der Waals surface area contributed by atoms with E-state index in [4.69, 9.17) is 157 Å². The van der Waals surface area contributed by atoms with Crippen molar-refractivity contribution in [3.05, 3.63) is 350 Å². The van der Waals surface area contributed by atoms with Gasteiger partial charge in [-0.15, -0.1) is 70.1 Å². The van der Waals surface area contributed by atoms with Crippen LogP contribution < -0.4 is 12.4 Å². The molecule has 19 nitrogen and oxygen atoms in total. The monoisotopic (exact) mass is 2200 g/mol. The number of halogens is 4. The molecule has 0 saturated carbocycles. The van der Waals surface area contributed by atoms with E-state index in [9.17, 15) is 0 Å². The Morgan fingerprint density at radius 2 is 0.559 bits per heavy atom. The van der Waals surface area contributed by atoms with Crippen LogP contribution in [0.3, 0.4) is 0 Å². The van der Waals surface area contributed by atoms with Crippen LogP contribution in [0.2, 0.25) is 0 Å². The van der Waals surface area contributed by atoms with Gasteiger partial charge in [-0.1, -0.05) is 304 Å². The van der Waals surface area contributed by atoms with Gasteiger partial charge in [0, 0.05) is 90.3 Å². The standard InChI is InChI=1S/C29H33ClO3S2.2C20H24O3S2.2C13H19ClO3.C7H5S2.C5H12O3.C4H8O.ClH.Mg/c1-31-17-18-32-19-20-33-22-25-9-7-23(8-10-25)13-16-28(26-14-11-24(21-30)12-15-26)35-29(34)27-5-3-2-4-6-27;2*1-21-11-12-22-13-14-23-15-17-7-9-18(10-8-17)16-25-20(24)19-5-3-2-4-6-19;2*1-15-6-7-16-8-9-17-11-13-4-2-12(10-14)3-5-13;8-6-9-7-4-2-1-3-5-7;1-7-4-5-8-3-2-6;1-2-4-5-3-1;;/h2-12,14-15,28H,13,16-22H2,1H3;2*2-10H,11-16H2,1H3;2*2-5H,6-11H2,1H3;1-5H;6H,2-5H2,1H3;1-4H2;1H;/q;;;;;-1;;;;+2/p-1. The van der Waals surface area contributed by atoms with E-state index in [0.29, 0.717) is 203 Å². The summed E-state index contributed by atoms with van der Waals surface area (Å²) in [5.74, 6) is 3.38. The maximum absolute atomic E-state index is 8.20. The first kappa shape index (κ1) is 134. The quantitative estimate of drug-likeness (QED) is 0.00946. The molecule has 0 spiro atoms. The molecule has 1 aliphatic heterocycles. The maximum atomic E-state index is 8.20. The number of methoxy groups -OCH3 is 6. The SMILES string of the molecule is C1CCOC1.COCCOCCO.COCCOCCOCc1ccc(CCC(SC(=S)c2ccccc2)c2ccc(CCl)cc2)cc1.COCCOCCOCc1ccc(CCl)cc1.COCCOCCOCc1ccc(CCl)cc1.COCCOCCOCc1ccc(CSC(=S)c2ccccc2)cc1.COCCOCCOCc1ccc(CSC(=S)c2ccccc2)cc1.S=[C-]Sc1ccccc1.[Cl-].[Mg+2]. The molecule has 0 amide bonds. The van der Waals surface area contributed by atoms with Crippen molar-refractivity contribution in [1.29, 1.82) is 0 Å². The predicted molar refractivity (Wildman–Crippen MR) is 605 cm³/mol. The Morgan fingerprint density at radius 3 is 0.825 bits per heavy atom. The number of hydrogen-bond donors (Lipinski definition) is 1. The second-order valence-electron chi connectivity index (χ2n) is 30.3. The number of aryl methyl sites for hydroxylation is 1. The predicted octanol–water partition coefficient (Wildman–Crippen LogP) is 21.2. The minimum Gasteiger partial charge on any atom is -1.00 e. The topological polar surface area (TPSA) is 186 Å². The van der Waals surface area contributed by atoms with Crippen molar-refractivity contribution in [2.24, 2.45) is 0 Å². The molecule has 780 valence electrons. The van der Waals surface area contributed by atoms with Gasteiger partial charge in [-0.2, -0.15) is 0 Å². The number of benzene rings is 10. The van der Waals surface area contributed by atoms with Gasteiger partial charge < -0.3 is 131 Å². The third-order valence-corrected chi connectivity index (χ3v) is 26.1. The fraction of sp³-hybridized carbons (Fsp3) is 0.423. The first-order valence-corrected chi connectivity index (χ1v) is 53.7. The molecule has 0 radical (unpaired) electrons. The Kier molecular flexibility index (Phi) is 90.7. The van der Waals surface area contributed by atoms with E-state index in [1.165, 1.54) is 52.4 Å². The molecule has 0 aromatic heterocycles. The van der Waals surface area contributed by atoms with Crippen molar-refractivity contribution in [3.8, 4) is 0 Å². The van der Waals surface area contributed by atoms with E-state index in [1.54, 1.807) is 77.9 Å². The Balaban J connectivity index is 0.000000580. The number of thioether (sulfide) groups is 4. The summed E-state index contributed by atoms with van der Waals surface area (Å²) in [5.41, 5.74) is 17.6. The summed E-state index contributed by atoms with van der Waals surface area (Å²) in [6.07, 6.45) is 4.52. The van der Waals surface area contributed by atoms with E-state index in [1.807, 2.05) is 133 Å². The zero-order valence-corrected chi connectivity index (χ0v) is 94.5. The number of thiocarbonyl (C=S) groups is 4. The number of aliphatic hydroxyl groups excluding tert-OH is 1. The smallest absolute Gasteiger partial charge is 1.00 e. The number of rotatable bonds is 62. The van der Waals surface area contributed by atoms with Crippen LogP contribution in [0.1, 0.15) is 108 Å². The van der Waals surface area contributed by atoms with Crippen LogP contribution in [0.15, 0.2) is 272 Å². The van der Waals surface area contributed by atoms with Crippen molar-refractivity contribution in [2.75, 3.05) is 214 Å². The van der Waals surface area contributed by atoms with E-state index in [-0.39, 0.29) is 47.3 Å². The number of aliphatic hydroxyl groups is 1. The summed E-state index contributed by atoms with van der Waals surface area (Å²) in [6.45, 7) is 18.7. The molecule has 1 unspecified atom stereocenters. The third-order valence-electron chi connectivity index (χ3n) is 19.4. The van der Waals surface area contributed by atoms with E-state index < -0.39 is 0 Å². The largest absolute Gasteiger partial charge is 2.00 e. The van der Waals surface area contributed by atoms with Crippen LogP contribution in [0.4, 0.5) is 0 Å². The zero-order valence-electron chi connectivity index (χ0n) is 83.5. The first-order valence-electron chi connectivity index (χ1n) is 46.8. The van der Waals surface area contributed by atoms with Crippen molar-refractivity contribution in [3.63, 3.8) is 0 Å². The molecule has 10 aromatic rings. The molecule has 1 fully saturated rings. The van der Waals surface area contributed by atoms with E-state index in [0.717, 1.165) is 111 Å². The first-order chi connectivity index (χ1) is 69.3. The average Bonchev–Trinajstić information content (AvgIpc) is 1.22. The fourth-order valence-corrected chi connectivity index (χ4v) is 16.6. The van der Waals surface area contributed by atoms with Gasteiger partial charge in [-0.25, -0.2) is 0 Å². The Hall–Kier alpha value is -4.87. The minimum atomic E-state index is 0. The van der Waals surface area contributed by atoms with Gasteiger partial charge in [0.2, 0.25) is 0 Å². The molecule has 10 aromatic carbocycles. The average molecular weight is 2210 g/mol. The Morgan fingerprint density at radius 1 is 0.315 bits per heavy atom. The van der Waals surface area contributed by atoms with Crippen LogP contribution >= 0.6 is 131 Å². The zero-order chi connectivity index (χ0) is 101. The summed E-state index contributed by atoms with van der Waals surface area (Å²) in [7, 11) is 9.92. The molecule has 1 atom stereocenters. The summed E-state index contributed by atoms with van der Waals surface area (Å²) >= 11 is 45.3. The Labute approximate surface area is 928 Å². The number of hydrogen-bond acceptors (Lipinski definition) is 27. The second-order valence-corrected chi connectivity index (χ2v) is 37.7. The fourth-order valence-electron chi connectivity index (χ4n) is 11.6. The van der Waals surface area contributed by atoms with E-state index in [2.05, 4.69) is 155 Å². The molecule has 1 saturated heterocycles. The Bertz CT molecular complexity index is 4410. The molecular weight excluding hydrogens is 2060 g/mol. The summed E-state index contributed by atoms with van der Waals surface area (Å²) in [4.78, 5) is 1.15. The van der Waals surface area contributed by atoms with Gasteiger partial charge in [0.25, 0.3) is 0 Å². The minimum absolute atomic E-state index is 0. The van der Waals surface area contributed by atoms with Gasteiger partial charge >= 0.3 is 23.1 Å². The van der Waals surface area contributed by atoms with Gasteiger partial charge in [0.05, 0.1) is 204 Å². The van der Waals surface area contributed by atoms with Gasteiger partial charge in [-0.05, 0) is 114 Å². The van der Waals surface area contributed by atoms with Crippen LogP contribution in [0.25, 0.3) is 0 Å². The summed E-state index contributed by atoms with van der Waals surface area (Å²) in [6, 6.07) is 90.9. The summed E-state index contributed by atoms with van der Waals surface area (Å²) in [5, 5.41) is 8.47. The van der Waals surface area contributed by atoms with Gasteiger partial charge in [0.1, 0.15) is 0 Å². The maximum Gasteiger partial charge on any atom is 2.00 e. The van der Waals surface area contributed by atoms with Gasteiger partial charge in [0.15, 0.2) is 0 Å². The number of alkyl halides is 3. The van der Waals surface area contributed by atoms with Crippen LogP contribution in [-0.2, 0) is 154 Å².